The van der Waals surface area contributed by atoms with E-state index in [4.69, 9.17) is 9.47 Å². The lowest BCUT2D eigenvalue weighted by Crippen LogP contribution is -2.40. The van der Waals surface area contributed by atoms with E-state index in [2.05, 4.69) is 10.3 Å². The molecule has 1 aromatic carbocycles. The van der Waals surface area contributed by atoms with Gasteiger partial charge in [0.15, 0.2) is 12.6 Å². The van der Waals surface area contributed by atoms with Crippen LogP contribution in [0.4, 0.5) is 13.2 Å². The number of methoxy groups -OCH3 is 1. The van der Waals surface area contributed by atoms with Gasteiger partial charge in [-0.15, -0.1) is 24.0 Å². The van der Waals surface area contributed by atoms with E-state index >= 15 is 0 Å². The number of halogens is 4. The van der Waals surface area contributed by atoms with Crippen LogP contribution >= 0.6 is 24.0 Å². The third-order valence-electron chi connectivity index (χ3n) is 4.49. The van der Waals surface area contributed by atoms with Crippen molar-refractivity contribution < 1.29 is 27.4 Å². The predicted molar refractivity (Wildman–Crippen MR) is 114 cm³/mol. The number of ether oxygens (including phenoxy) is 2. The Kier molecular flexibility index (Phi) is 10.0. The first-order chi connectivity index (χ1) is 13.2. The van der Waals surface area contributed by atoms with Gasteiger partial charge in [-0.3, -0.25) is 4.79 Å². The molecule has 1 fully saturated rings. The Labute approximate surface area is 185 Å². The number of nitrogens with one attached hydrogen (secondary N) is 1. The van der Waals surface area contributed by atoms with Crippen LogP contribution in [0.15, 0.2) is 29.3 Å². The van der Waals surface area contributed by atoms with Crippen molar-refractivity contribution in [1.82, 2.24) is 10.2 Å². The summed E-state index contributed by atoms with van der Waals surface area (Å²) < 4.78 is 46.2. The van der Waals surface area contributed by atoms with E-state index in [-0.39, 0.29) is 47.5 Å². The number of hydrogen-bond acceptors (Lipinski definition) is 4. The van der Waals surface area contributed by atoms with Gasteiger partial charge in [0.1, 0.15) is 5.75 Å². The Hall–Kier alpha value is -1.72. The molecule has 6 nitrogen and oxygen atoms in total. The van der Waals surface area contributed by atoms with Gasteiger partial charge in [-0.05, 0) is 30.5 Å². The minimum Gasteiger partial charge on any atom is -0.484 e. The Morgan fingerprint density at radius 1 is 1.28 bits per heavy atom. The smallest absolute Gasteiger partial charge is 0.422 e. The zero-order valence-corrected chi connectivity index (χ0v) is 19.0. The van der Waals surface area contributed by atoms with Gasteiger partial charge in [0.25, 0.3) is 0 Å². The number of guanidine groups is 1. The van der Waals surface area contributed by atoms with Gasteiger partial charge in [-0.2, -0.15) is 13.2 Å². The summed E-state index contributed by atoms with van der Waals surface area (Å²) in [5, 5.41) is 3.22. The summed E-state index contributed by atoms with van der Waals surface area (Å²) in [5.74, 6) is 0.588. The van der Waals surface area contributed by atoms with Gasteiger partial charge in [-0.1, -0.05) is 19.1 Å². The summed E-state index contributed by atoms with van der Waals surface area (Å²) in [4.78, 5) is 18.5. The van der Waals surface area contributed by atoms with Crippen molar-refractivity contribution in [2.75, 3.05) is 33.4 Å². The van der Waals surface area contributed by atoms with Crippen LogP contribution in [0.5, 0.6) is 5.75 Å². The summed E-state index contributed by atoms with van der Waals surface area (Å²) in [5.41, 5.74) is 0.839. The Balaban J connectivity index is 0.00000420. The van der Waals surface area contributed by atoms with Crippen LogP contribution in [0.2, 0.25) is 0 Å². The highest BCUT2D eigenvalue weighted by Gasteiger charge is 2.36. The second kappa shape index (κ2) is 11.5. The third-order valence-corrected chi connectivity index (χ3v) is 4.49. The highest BCUT2D eigenvalue weighted by atomic mass is 127. The molecule has 0 radical (unpaired) electrons. The number of alkyl halides is 3. The van der Waals surface area contributed by atoms with Crippen LogP contribution in [0.3, 0.4) is 0 Å². The van der Waals surface area contributed by atoms with Crippen molar-refractivity contribution in [3.05, 3.63) is 29.8 Å². The molecule has 0 spiro atoms. The summed E-state index contributed by atoms with van der Waals surface area (Å²) in [6, 6.07) is 6.36. The van der Waals surface area contributed by atoms with Crippen molar-refractivity contribution in [3.8, 4) is 5.75 Å². The first-order valence-electron chi connectivity index (χ1n) is 9.13. The zero-order valence-electron chi connectivity index (χ0n) is 16.7. The van der Waals surface area contributed by atoms with E-state index in [0.29, 0.717) is 32.1 Å². The summed E-state index contributed by atoms with van der Waals surface area (Å²) >= 11 is 0. The van der Waals surface area contributed by atoms with Crippen LogP contribution in [-0.2, 0) is 16.1 Å². The molecule has 164 valence electrons. The maximum Gasteiger partial charge on any atom is 0.422 e. The van der Waals surface area contributed by atoms with Crippen molar-refractivity contribution in [3.63, 3.8) is 0 Å². The second-order valence-corrected chi connectivity index (χ2v) is 6.73. The number of rotatable bonds is 6. The van der Waals surface area contributed by atoms with Gasteiger partial charge in [0.2, 0.25) is 0 Å². The minimum atomic E-state index is -4.36. The molecule has 2 unspecified atom stereocenters. The molecule has 1 aromatic rings. The summed E-state index contributed by atoms with van der Waals surface area (Å²) in [6.07, 6.45) is -4.36. The number of nitrogens with zero attached hydrogens (tertiary/aromatic N) is 2. The molecule has 1 aliphatic rings. The predicted octanol–water partition coefficient (Wildman–Crippen LogP) is 3.45. The monoisotopic (exact) mass is 529 g/mol. The largest absolute Gasteiger partial charge is 0.484 e. The third kappa shape index (κ3) is 7.90. The fourth-order valence-corrected chi connectivity index (χ4v) is 3.05. The highest BCUT2D eigenvalue weighted by molar-refractivity contribution is 14.0. The molecule has 0 amide bonds. The van der Waals surface area contributed by atoms with E-state index < -0.39 is 12.8 Å². The molecule has 0 aromatic heterocycles. The lowest BCUT2D eigenvalue weighted by atomic mass is 9.99. The lowest BCUT2D eigenvalue weighted by molar-refractivity contribution is -0.153. The molecule has 1 saturated heterocycles. The number of hydrogen-bond donors (Lipinski definition) is 1. The van der Waals surface area contributed by atoms with Crippen molar-refractivity contribution in [2.45, 2.75) is 26.6 Å². The number of esters is 1. The van der Waals surface area contributed by atoms with Crippen molar-refractivity contribution >= 4 is 35.9 Å². The molecule has 0 aliphatic carbocycles. The van der Waals surface area contributed by atoms with E-state index in [1.54, 1.807) is 12.1 Å². The van der Waals surface area contributed by atoms with Crippen molar-refractivity contribution in [1.29, 1.82) is 0 Å². The average molecular weight is 529 g/mol. The first-order valence-corrected chi connectivity index (χ1v) is 9.13. The van der Waals surface area contributed by atoms with Crippen LogP contribution in [0, 0.1) is 11.8 Å². The highest BCUT2D eigenvalue weighted by Crippen LogP contribution is 2.24. The Morgan fingerprint density at radius 3 is 2.48 bits per heavy atom. The van der Waals surface area contributed by atoms with Crippen LogP contribution in [0.25, 0.3) is 0 Å². The molecular weight excluding hydrogens is 502 g/mol. The molecule has 29 heavy (non-hydrogen) atoms. The fourth-order valence-electron chi connectivity index (χ4n) is 3.05. The number of carbonyl (C=O) groups is 1. The molecule has 0 saturated carbocycles. The molecule has 10 heteroatoms. The quantitative estimate of drug-likeness (QED) is 0.265. The Bertz CT molecular complexity index is 684. The topological polar surface area (TPSA) is 63.2 Å². The Morgan fingerprint density at radius 2 is 1.93 bits per heavy atom. The van der Waals surface area contributed by atoms with E-state index in [1.165, 1.54) is 19.2 Å². The number of aliphatic imine (C=N–C) groups is 1. The number of likely N-dealkylation sites (tertiary alicyclic amines) is 1. The minimum absolute atomic E-state index is 0. The second-order valence-electron chi connectivity index (χ2n) is 6.73. The fraction of sp³-hybridized carbons (Fsp3) is 0.579. The van der Waals surface area contributed by atoms with Gasteiger partial charge in [0.05, 0.1) is 19.6 Å². The van der Waals surface area contributed by atoms with E-state index in [0.717, 1.165) is 5.56 Å². The molecule has 2 atom stereocenters. The maximum absolute atomic E-state index is 12.2. The zero-order chi connectivity index (χ0) is 20.7. The normalized spacial score (nSPS) is 19.5. The van der Waals surface area contributed by atoms with E-state index in [9.17, 15) is 18.0 Å². The molecule has 1 heterocycles. The SMILES string of the molecule is CCNC(=NCc1ccc(OCC(F)(F)F)cc1)N1CC(C)C(C(=O)OC)C1.I. The maximum atomic E-state index is 12.2. The standard InChI is InChI=1S/C19H26F3N3O3.HI/c1-4-23-18(25-10-13(2)16(11-25)17(26)27-3)24-9-14-5-7-15(8-6-14)28-12-19(20,21)22;/h5-8,13,16H,4,9-12H2,1-3H3,(H,23,24);1H. The molecular formula is C19H27F3IN3O3. The van der Waals surface area contributed by atoms with Gasteiger partial charge < -0.3 is 19.7 Å². The first kappa shape index (κ1) is 25.3. The molecule has 1 aliphatic heterocycles. The van der Waals surface area contributed by atoms with Crippen molar-refractivity contribution in [2.24, 2.45) is 16.8 Å². The molecule has 0 bridgehead atoms. The van der Waals surface area contributed by atoms with Gasteiger partial charge >= 0.3 is 12.1 Å². The van der Waals surface area contributed by atoms with Crippen LogP contribution in [0.1, 0.15) is 19.4 Å². The average Bonchev–Trinajstić information content (AvgIpc) is 3.04. The van der Waals surface area contributed by atoms with Gasteiger partial charge in [-0.25, -0.2) is 4.99 Å². The van der Waals surface area contributed by atoms with Crippen LogP contribution in [-0.4, -0.2) is 56.4 Å². The summed E-state index contributed by atoms with van der Waals surface area (Å²) in [7, 11) is 1.39. The summed E-state index contributed by atoms with van der Waals surface area (Å²) in [6.45, 7) is 4.90. The van der Waals surface area contributed by atoms with E-state index in [1.807, 2.05) is 18.7 Å². The number of carbonyl (C=O) groups excluding carboxylic acids is 1. The van der Waals surface area contributed by atoms with Crippen LogP contribution < -0.4 is 10.1 Å². The molecule has 1 N–H and O–H groups in total. The lowest BCUT2D eigenvalue weighted by Gasteiger charge is -2.21. The van der Waals surface area contributed by atoms with Gasteiger partial charge in [0, 0.05) is 19.6 Å². The number of benzene rings is 1. The molecule has 2 rings (SSSR count).